The highest BCUT2D eigenvalue weighted by Gasteiger charge is 2.31. The highest BCUT2D eigenvalue weighted by Crippen LogP contribution is 2.40. The van der Waals surface area contributed by atoms with E-state index in [0.717, 1.165) is 48.7 Å². The fraction of sp³-hybridized carbons (Fsp3) is 0.400. The SMILES string of the molecule is C=CC(=O)N1CCC[C@@H](c2c(F)cc(C(N)=O)c3[nH]c4c(c23)CCC4)C1. The molecule has 26 heavy (non-hydrogen) atoms. The fourth-order valence-electron chi connectivity index (χ4n) is 4.55. The van der Waals surface area contributed by atoms with Crippen LogP contribution in [0.2, 0.25) is 0 Å². The molecule has 1 fully saturated rings. The summed E-state index contributed by atoms with van der Waals surface area (Å²) in [6.07, 6.45) is 5.71. The maximum atomic E-state index is 15.1. The molecule has 3 N–H and O–H groups in total. The number of aromatic nitrogens is 1. The number of nitrogens with two attached hydrogens (primary N) is 1. The number of nitrogens with zero attached hydrogens (tertiary/aromatic N) is 1. The number of piperidine rings is 1. The second kappa shape index (κ2) is 6.27. The Morgan fingerprint density at radius 2 is 2.15 bits per heavy atom. The van der Waals surface area contributed by atoms with Gasteiger partial charge in [0.1, 0.15) is 5.82 Å². The Hall–Kier alpha value is -2.63. The van der Waals surface area contributed by atoms with Crippen LogP contribution in [0.5, 0.6) is 0 Å². The molecule has 1 aliphatic carbocycles. The normalized spacial score (nSPS) is 19.6. The van der Waals surface area contributed by atoms with Gasteiger partial charge in [0.05, 0.1) is 11.1 Å². The molecule has 0 bridgehead atoms. The fourth-order valence-corrected chi connectivity index (χ4v) is 4.55. The van der Waals surface area contributed by atoms with Gasteiger partial charge >= 0.3 is 0 Å². The summed E-state index contributed by atoms with van der Waals surface area (Å²) in [7, 11) is 0. The molecule has 136 valence electrons. The lowest BCUT2D eigenvalue weighted by Crippen LogP contribution is -2.38. The van der Waals surface area contributed by atoms with Gasteiger partial charge in [0.15, 0.2) is 0 Å². The number of nitrogens with one attached hydrogen (secondary N) is 1. The zero-order valence-electron chi connectivity index (χ0n) is 14.6. The molecule has 1 aromatic carbocycles. The number of halogens is 1. The van der Waals surface area contributed by atoms with Crippen LogP contribution in [-0.2, 0) is 17.6 Å². The molecule has 2 heterocycles. The minimum absolute atomic E-state index is 0.0995. The van der Waals surface area contributed by atoms with Crippen molar-refractivity contribution in [2.45, 2.75) is 38.0 Å². The van der Waals surface area contributed by atoms with Gasteiger partial charge in [0, 0.05) is 35.7 Å². The van der Waals surface area contributed by atoms with E-state index < -0.39 is 11.7 Å². The van der Waals surface area contributed by atoms with E-state index in [0.29, 0.717) is 24.2 Å². The van der Waals surface area contributed by atoms with Crippen molar-refractivity contribution >= 4 is 22.7 Å². The molecule has 0 saturated carbocycles. The third-order valence-corrected chi connectivity index (χ3v) is 5.69. The molecule has 1 atom stereocenters. The number of carbonyl (C=O) groups excluding carboxylic acids is 2. The van der Waals surface area contributed by atoms with Gasteiger partial charge in [-0.3, -0.25) is 9.59 Å². The lowest BCUT2D eigenvalue weighted by molar-refractivity contribution is -0.127. The van der Waals surface area contributed by atoms with E-state index in [1.807, 2.05) is 0 Å². The minimum atomic E-state index is -0.632. The van der Waals surface area contributed by atoms with E-state index in [1.165, 1.54) is 12.1 Å². The molecule has 6 heteroatoms. The van der Waals surface area contributed by atoms with E-state index in [4.69, 9.17) is 5.73 Å². The molecule has 1 saturated heterocycles. The van der Waals surface area contributed by atoms with Gasteiger partial charge in [0.2, 0.25) is 5.91 Å². The average Bonchev–Trinajstić information content (AvgIpc) is 3.22. The van der Waals surface area contributed by atoms with Crippen LogP contribution in [0.1, 0.15) is 52.4 Å². The third kappa shape index (κ3) is 2.52. The summed E-state index contributed by atoms with van der Waals surface area (Å²) in [4.78, 5) is 28.9. The number of carbonyl (C=O) groups is 2. The van der Waals surface area contributed by atoms with Crippen LogP contribution in [0.25, 0.3) is 10.9 Å². The lowest BCUT2D eigenvalue weighted by atomic mass is 9.85. The minimum Gasteiger partial charge on any atom is -0.366 e. The molecule has 2 amide bonds. The standard InChI is InChI=1S/C20H22FN3O2/c1-2-16(25)24-8-4-5-11(10-24)17-14(21)9-13(20(22)26)19-18(17)12-6-3-7-15(12)23-19/h2,9,11,23H,1,3-8,10H2,(H2,22,26)/t11-/m1/s1. The Labute approximate surface area is 151 Å². The van der Waals surface area contributed by atoms with Crippen LogP contribution in [-0.4, -0.2) is 34.8 Å². The van der Waals surface area contributed by atoms with Gasteiger partial charge in [-0.1, -0.05) is 6.58 Å². The van der Waals surface area contributed by atoms with E-state index in [9.17, 15) is 9.59 Å². The molecule has 1 aliphatic heterocycles. The number of hydrogen-bond acceptors (Lipinski definition) is 2. The van der Waals surface area contributed by atoms with Crippen molar-refractivity contribution in [3.8, 4) is 0 Å². The maximum Gasteiger partial charge on any atom is 0.250 e. The quantitative estimate of drug-likeness (QED) is 0.831. The first-order chi connectivity index (χ1) is 12.5. The smallest absolute Gasteiger partial charge is 0.250 e. The van der Waals surface area contributed by atoms with Gasteiger partial charge in [-0.15, -0.1) is 0 Å². The van der Waals surface area contributed by atoms with Crippen LogP contribution in [0.4, 0.5) is 4.39 Å². The van der Waals surface area contributed by atoms with Gasteiger partial charge in [-0.05, 0) is 49.8 Å². The first-order valence-corrected chi connectivity index (χ1v) is 9.08. The molecule has 4 rings (SSSR count). The van der Waals surface area contributed by atoms with Crippen LogP contribution < -0.4 is 5.73 Å². The summed E-state index contributed by atoms with van der Waals surface area (Å²) < 4.78 is 15.1. The Morgan fingerprint density at radius 1 is 1.35 bits per heavy atom. The first-order valence-electron chi connectivity index (χ1n) is 9.08. The van der Waals surface area contributed by atoms with Crippen molar-refractivity contribution in [3.05, 3.63) is 46.9 Å². The summed E-state index contributed by atoms with van der Waals surface area (Å²) in [6, 6.07) is 1.25. The Morgan fingerprint density at radius 3 is 2.88 bits per heavy atom. The van der Waals surface area contributed by atoms with Gasteiger partial charge in [0.25, 0.3) is 5.91 Å². The largest absolute Gasteiger partial charge is 0.366 e. The predicted octanol–water partition coefficient (Wildman–Crippen LogP) is 2.79. The Balaban J connectivity index is 1.88. The Kier molecular flexibility index (Phi) is 4.05. The van der Waals surface area contributed by atoms with Gasteiger partial charge in [-0.25, -0.2) is 4.39 Å². The summed E-state index contributed by atoms with van der Waals surface area (Å²) in [5.41, 5.74) is 9.12. The number of amides is 2. The molecular weight excluding hydrogens is 333 g/mol. The number of primary amides is 1. The maximum absolute atomic E-state index is 15.1. The Bertz CT molecular complexity index is 931. The zero-order chi connectivity index (χ0) is 18.4. The molecule has 0 radical (unpaired) electrons. The van der Waals surface area contributed by atoms with Crippen molar-refractivity contribution in [2.75, 3.05) is 13.1 Å². The van der Waals surface area contributed by atoms with Crippen LogP contribution in [0, 0.1) is 5.82 Å². The number of H-pyrrole nitrogens is 1. The molecule has 1 aromatic heterocycles. The number of hydrogen-bond donors (Lipinski definition) is 2. The third-order valence-electron chi connectivity index (χ3n) is 5.69. The number of benzene rings is 1. The van der Waals surface area contributed by atoms with Crippen LogP contribution in [0.15, 0.2) is 18.7 Å². The lowest BCUT2D eigenvalue weighted by Gasteiger charge is -2.33. The summed E-state index contributed by atoms with van der Waals surface area (Å²) >= 11 is 0. The van der Waals surface area contributed by atoms with Crippen molar-refractivity contribution < 1.29 is 14.0 Å². The highest BCUT2D eigenvalue weighted by atomic mass is 19.1. The van der Waals surface area contributed by atoms with Crippen molar-refractivity contribution in [1.29, 1.82) is 0 Å². The molecular formula is C20H22FN3O2. The van der Waals surface area contributed by atoms with E-state index >= 15 is 4.39 Å². The van der Waals surface area contributed by atoms with E-state index in [-0.39, 0.29) is 17.4 Å². The number of aryl methyl sites for hydroxylation is 2. The van der Waals surface area contributed by atoms with Crippen LogP contribution >= 0.6 is 0 Å². The van der Waals surface area contributed by atoms with E-state index in [1.54, 1.807) is 4.90 Å². The number of rotatable bonds is 3. The molecule has 5 nitrogen and oxygen atoms in total. The predicted molar refractivity (Wildman–Crippen MR) is 97.6 cm³/mol. The zero-order valence-corrected chi connectivity index (χ0v) is 14.6. The topological polar surface area (TPSA) is 79.2 Å². The first kappa shape index (κ1) is 16.8. The monoisotopic (exact) mass is 355 g/mol. The summed E-state index contributed by atoms with van der Waals surface area (Å²) in [6.45, 7) is 4.68. The average molecular weight is 355 g/mol. The van der Waals surface area contributed by atoms with Crippen LogP contribution in [0.3, 0.4) is 0 Å². The number of fused-ring (bicyclic) bond motifs is 3. The number of likely N-dealkylation sites (tertiary alicyclic amines) is 1. The van der Waals surface area contributed by atoms with Gasteiger partial charge in [-0.2, -0.15) is 0 Å². The molecule has 0 spiro atoms. The summed E-state index contributed by atoms with van der Waals surface area (Å²) in [5.74, 6) is -1.26. The molecule has 2 aromatic rings. The highest BCUT2D eigenvalue weighted by molar-refractivity contribution is 6.07. The number of aromatic amines is 1. The second-order valence-corrected chi connectivity index (χ2v) is 7.20. The second-order valence-electron chi connectivity index (χ2n) is 7.20. The van der Waals surface area contributed by atoms with Crippen molar-refractivity contribution in [3.63, 3.8) is 0 Å². The molecule has 0 unspecified atom stereocenters. The van der Waals surface area contributed by atoms with E-state index in [2.05, 4.69) is 11.6 Å². The van der Waals surface area contributed by atoms with Crippen molar-refractivity contribution in [2.24, 2.45) is 5.73 Å². The van der Waals surface area contributed by atoms with Gasteiger partial charge < -0.3 is 15.6 Å². The molecule has 2 aliphatic rings. The van der Waals surface area contributed by atoms with Crippen molar-refractivity contribution in [1.82, 2.24) is 9.88 Å². The summed E-state index contributed by atoms with van der Waals surface area (Å²) in [5, 5.41) is 0.809.